The summed E-state index contributed by atoms with van der Waals surface area (Å²) in [6, 6.07) is 11.2. The van der Waals surface area contributed by atoms with Gasteiger partial charge in [0.1, 0.15) is 0 Å². The number of nitrogens with one attached hydrogen (secondary N) is 1. The number of hydrogen-bond donors (Lipinski definition) is 4. The normalized spacial score (nSPS) is 18.2. The largest absolute Gasteiger partial charge is 0.396 e. The molecule has 9 nitrogen and oxygen atoms in total. The van der Waals surface area contributed by atoms with Gasteiger partial charge in [-0.15, -0.1) is 0 Å². The zero-order valence-corrected chi connectivity index (χ0v) is 17.9. The molecule has 3 heterocycles. The molecular formula is C23H29N5O4. The third-order valence-corrected chi connectivity index (χ3v) is 6.27. The molecule has 2 aliphatic heterocycles. The predicted molar refractivity (Wildman–Crippen MR) is 119 cm³/mol. The third-order valence-electron chi connectivity index (χ3n) is 6.27. The van der Waals surface area contributed by atoms with Crippen molar-refractivity contribution in [2.24, 2.45) is 5.92 Å². The smallest absolute Gasteiger partial charge is 0.255 e. The van der Waals surface area contributed by atoms with Crippen LogP contribution in [0.5, 0.6) is 0 Å². The molecule has 9 heteroatoms. The van der Waals surface area contributed by atoms with E-state index < -0.39 is 24.0 Å². The first kappa shape index (κ1) is 22.0. The molecular weight excluding hydrogens is 410 g/mol. The molecule has 0 radical (unpaired) electrons. The van der Waals surface area contributed by atoms with Crippen LogP contribution in [0.4, 0.5) is 11.5 Å². The first-order valence-electron chi connectivity index (χ1n) is 10.9. The molecule has 0 bridgehead atoms. The number of fused-ring (bicyclic) bond motifs is 1. The van der Waals surface area contributed by atoms with Crippen LogP contribution in [0.3, 0.4) is 0 Å². The summed E-state index contributed by atoms with van der Waals surface area (Å²) < 4.78 is 0. The number of amides is 2. The first-order valence-corrected chi connectivity index (χ1v) is 10.9. The van der Waals surface area contributed by atoms with E-state index in [1.54, 1.807) is 12.3 Å². The highest BCUT2D eigenvalue weighted by atomic mass is 16.3. The average Bonchev–Trinajstić information content (AvgIpc) is 3.26. The van der Waals surface area contributed by atoms with Gasteiger partial charge in [0, 0.05) is 38.9 Å². The van der Waals surface area contributed by atoms with Gasteiger partial charge in [0.05, 0.1) is 5.69 Å². The van der Waals surface area contributed by atoms with E-state index in [4.69, 9.17) is 5.73 Å². The Bertz CT molecular complexity index is 951. The van der Waals surface area contributed by atoms with Crippen LogP contribution < -0.4 is 16.0 Å². The summed E-state index contributed by atoms with van der Waals surface area (Å²) in [4.78, 5) is 32.9. The lowest BCUT2D eigenvalue weighted by molar-refractivity contribution is -0.153. The number of piperidine rings is 1. The number of aromatic nitrogens is 1. The minimum absolute atomic E-state index is 0.230. The van der Waals surface area contributed by atoms with E-state index in [1.165, 1.54) is 4.90 Å². The summed E-state index contributed by atoms with van der Waals surface area (Å²) in [7, 11) is 0. The molecule has 1 saturated heterocycles. The molecule has 0 aliphatic carbocycles. The summed E-state index contributed by atoms with van der Waals surface area (Å²) >= 11 is 0. The van der Waals surface area contributed by atoms with Gasteiger partial charge in [-0.2, -0.15) is 0 Å². The van der Waals surface area contributed by atoms with Gasteiger partial charge < -0.3 is 31.1 Å². The highest BCUT2D eigenvalue weighted by molar-refractivity contribution is 5.91. The molecule has 2 amide bonds. The lowest BCUT2D eigenvalue weighted by Gasteiger charge is -2.33. The van der Waals surface area contributed by atoms with Crippen molar-refractivity contribution < 1.29 is 19.8 Å². The van der Waals surface area contributed by atoms with Gasteiger partial charge in [-0.25, -0.2) is 4.98 Å². The SMILES string of the molecule is Nc1cccnc1N1CCC(CNC(=O)[C@H](O)[C@@H](O)C(=O)N2Cc3ccccc3C2)CC1. The summed E-state index contributed by atoms with van der Waals surface area (Å²) in [6.07, 6.45) is -0.218. The van der Waals surface area contributed by atoms with Crippen molar-refractivity contribution in [3.05, 3.63) is 53.7 Å². The molecule has 1 aromatic carbocycles. The maximum atomic E-state index is 12.6. The minimum atomic E-state index is -1.81. The Labute approximate surface area is 186 Å². The van der Waals surface area contributed by atoms with Crippen LogP contribution in [0.25, 0.3) is 0 Å². The van der Waals surface area contributed by atoms with Crippen molar-refractivity contribution in [1.82, 2.24) is 15.2 Å². The molecule has 4 rings (SSSR count). The van der Waals surface area contributed by atoms with E-state index in [2.05, 4.69) is 15.2 Å². The second-order valence-corrected chi connectivity index (χ2v) is 8.44. The number of hydrogen-bond acceptors (Lipinski definition) is 7. The van der Waals surface area contributed by atoms with Gasteiger partial charge in [0.15, 0.2) is 18.0 Å². The van der Waals surface area contributed by atoms with Crippen molar-refractivity contribution >= 4 is 23.3 Å². The summed E-state index contributed by atoms with van der Waals surface area (Å²) in [5.41, 5.74) is 8.65. The molecule has 32 heavy (non-hydrogen) atoms. The zero-order chi connectivity index (χ0) is 22.7. The quantitative estimate of drug-likeness (QED) is 0.508. The molecule has 0 saturated carbocycles. The lowest BCUT2D eigenvalue weighted by Crippen LogP contribution is -2.50. The second kappa shape index (κ2) is 9.54. The van der Waals surface area contributed by atoms with E-state index >= 15 is 0 Å². The van der Waals surface area contributed by atoms with Crippen molar-refractivity contribution in [2.45, 2.75) is 38.1 Å². The van der Waals surface area contributed by atoms with Gasteiger partial charge in [-0.1, -0.05) is 24.3 Å². The fourth-order valence-electron chi connectivity index (χ4n) is 4.33. The predicted octanol–water partition coefficient (Wildman–Crippen LogP) is 0.261. The van der Waals surface area contributed by atoms with Gasteiger partial charge in [-0.05, 0) is 42.0 Å². The number of anilines is 2. The Morgan fingerprint density at radius 3 is 2.34 bits per heavy atom. The molecule has 0 spiro atoms. The van der Waals surface area contributed by atoms with Crippen LogP contribution in [-0.4, -0.2) is 63.8 Å². The molecule has 1 fully saturated rings. The molecule has 2 aliphatic rings. The van der Waals surface area contributed by atoms with Crippen LogP contribution in [0.15, 0.2) is 42.6 Å². The van der Waals surface area contributed by atoms with Crippen molar-refractivity contribution in [3.63, 3.8) is 0 Å². The number of carbonyl (C=O) groups is 2. The highest BCUT2D eigenvalue weighted by Gasteiger charge is 2.35. The maximum Gasteiger partial charge on any atom is 0.255 e. The number of nitrogens with zero attached hydrogens (tertiary/aromatic N) is 3. The molecule has 2 aromatic rings. The van der Waals surface area contributed by atoms with Gasteiger partial charge in [0.2, 0.25) is 0 Å². The van der Waals surface area contributed by atoms with Crippen LogP contribution in [0.2, 0.25) is 0 Å². The van der Waals surface area contributed by atoms with Crippen molar-refractivity contribution in [2.75, 3.05) is 30.3 Å². The van der Waals surface area contributed by atoms with Gasteiger partial charge in [-0.3, -0.25) is 9.59 Å². The van der Waals surface area contributed by atoms with Crippen molar-refractivity contribution in [3.8, 4) is 0 Å². The Kier molecular flexibility index (Phi) is 6.57. The first-order chi connectivity index (χ1) is 15.4. The molecule has 170 valence electrons. The van der Waals surface area contributed by atoms with Crippen LogP contribution >= 0.6 is 0 Å². The highest BCUT2D eigenvalue weighted by Crippen LogP contribution is 2.26. The van der Waals surface area contributed by atoms with Gasteiger partial charge in [0.25, 0.3) is 11.8 Å². The number of rotatable bonds is 6. The third kappa shape index (κ3) is 4.68. The van der Waals surface area contributed by atoms with E-state index in [9.17, 15) is 19.8 Å². The number of carbonyl (C=O) groups excluding carboxylic acids is 2. The number of benzene rings is 1. The Hall–Kier alpha value is -3.17. The number of nitrogen functional groups attached to an aromatic ring is 1. The standard InChI is InChI=1S/C23H29N5O4/c24-18-6-3-9-25-21(18)27-10-7-15(8-11-27)12-26-22(31)19(29)20(30)23(32)28-13-16-4-1-2-5-17(16)14-28/h1-6,9,15,19-20,29-30H,7-8,10-14,24H2,(H,26,31)/t19-,20-/m1/s1. The zero-order valence-electron chi connectivity index (χ0n) is 17.9. The monoisotopic (exact) mass is 439 g/mol. The van der Waals surface area contributed by atoms with Crippen LogP contribution in [0, 0.1) is 5.92 Å². The lowest BCUT2D eigenvalue weighted by atomic mass is 9.96. The second-order valence-electron chi connectivity index (χ2n) is 8.44. The minimum Gasteiger partial charge on any atom is -0.396 e. The summed E-state index contributed by atoms with van der Waals surface area (Å²) in [5, 5.41) is 23.2. The number of pyridine rings is 1. The van der Waals surface area contributed by atoms with E-state index in [-0.39, 0.29) is 5.92 Å². The van der Waals surface area contributed by atoms with Crippen LogP contribution in [-0.2, 0) is 22.7 Å². The fourth-order valence-corrected chi connectivity index (χ4v) is 4.33. The molecule has 0 unspecified atom stereocenters. The summed E-state index contributed by atoms with van der Waals surface area (Å²) in [6.45, 7) is 2.62. The van der Waals surface area contributed by atoms with Gasteiger partial charge >= 0.3 is 0 Å². The molecule has 1 aromatic heterocycles. The van der Waals surface area contributed by atoms with E-state index in [0.29, 0.717) is 25.3 Å². The van der Waals surface area contributed by atoms with Crippen molar-refractivity contribution in [1.29, 1.82) is 0 Å². The number of aliphatic hydroxyl groups is 2. The number of aliphatic hydroxyl groups excluding tert-OH is 2. The van der Waals surface area contributed by atoms with E-state index in [1.807, 2.05) is 30.3 Å². The fraction of sp³-hybridized carbons (Fsp3) is 0.435. The average molecular weight is 440 g/mol. The van der Waals surface area contributed by atoms with Crippen LogP contribution in [0.1, 0.15) is 24.0 Å². The molecule has 2 atom stereocenters. The molecule has 5 N–H and O–H groups in total. The number of nitrogens with two attached hydrogens (primary N) is 1. The van der Waals surface area contributed by atoms with E-state index in [0.717, 1.165) is 42.9 Å². The maximum absolute atomic E-state index is 12.6. The Balaban J connectivity index is 1.23. The topological polar surface area (TPSA) is 132 Å². The Morgan fingerprint density at radius 2 is 1.72 bits per heavy atom. The summed E-state index contributed by atoms with van der Waals surface area (Å²) in [5.74, 6) is -0.381. The Morgan fingerprint density at radius 1 is 1.06 bits per heavy atom.